The summed E-state index contributed by atoms with van der Waals surface area (Å²) >= 11 is 0. The van der Waals surface area contributed by atoms with Crippen LogP contribution in [0.4, 0.5) is 0 Å². The van der Waals surface area contributed by atoms with Crippen molar-refractivity contribution in [1.82, 2.24) is 10.2 Å². The third kappa shape index (κ3) is 4.41. The molecule has 0 unspecified atom stereocenters. The molecule has 4 heteroatoms. The van der Waals surface area contributed by atoms with Gasteiger partial charge < -0.3 is 16.0 Å². The van der Waals surface area contributed by atoms with Gasteiger partial charge in [-0.3, -0.25) is 4.79 Å². The minimum atomic E-state index is -0.0396. The number of benzene rings is 2. The van der Waals surface area contributed by atoms with Crippen LogP contribution in [0, 0.1) is 0 Å². The molecular formula is C18H23N3O. The summed E-state index contributed by atoms with van der Waals surface area (Å²) in [6.45, 7) is 2.00. The van der Waals surface area contributed by atoms with Gasteiger partial charge in [-0.2, -0.15) is 0 Å². The third-order valence-corrected chi connectivity index (χ3v) is 3.49. The maximum atomic E-state index is 12.2. The van der Waals surface area contributed by atoms with Crippen LogP contribution in [0.5, 0.6) is 0 Å². The Balaban J connectivity index is 2.10. The second-order valence-electron chi connectivity index (χ2n) is 5.54. The van der Waals surface area contributed by atoms with E-state index in [-0.39, 0.29) is 5.91 Å². The van der Waals surface area contributed by atoms with E-state index in [1.807, 2.05) is 67.5 Å². The standard InChI is InChI=1S/C18H23N3O/c1-21(2)11-10-20-18(22)17-5-3-4-16(12-17)15-8-6-14(13-19)7-9-15/h3-9,12H,10-11,13,19H2,1-2H3,(H,20,22). The molecule has 2 aromatic carbocycles. The number of nitrogens with two attached hydrogens (primary N) is 1. The lowest BCUT2D eigenvalue weighted by Crippen LogP contribution is -2.31. The summed E-state index contributed by atoms with van der Waals surface area (Å²) in [5.41, 5.74) is 9.51. The van der Waals surface area contributed by atoms with E-state index in [4.69, 9.17) is 5.73 Å². The molecule has 4 nitrogen and oxygen atoms in total. The van der Waals surface area contributed by atoms with Gasteiger partial charge in [-0.1, -0.05) is 36.4 Å². The molecule has 0 atom stereocenters. The average molecular weight is 297 g/mol. The predicted molar refractivity (Wildman–Crippen MR) is 90.7 cm³/mol. The highest BCUT2D eigenvalue weighted by atomic mass is 16.1. The Labute approximate surface area is 131 Å². The fourth-order valence-corrected chi connectivity index (χ4v) is 2.17. The van der Waals surface area contributed by atoms with E-state index < -0.39 is 0 Å². The molecule has 22 heavy (non-hydrogen) atoms. The first-order valence-electron chi connectivity index (χ1n) is 7.42. The molecule has 2 aromatic rings. The summed E-state index contributed by atoms with van der Waals surface area (Å²) in [6.07, 6.45) is 0. The molecule has 0 saturated carbocycles. The van der Waals surface area contributed by atoms with Gasteiger partial charge in [0.15, 0.2) is 0 Å². The number of amides is 1. The molecule has 0 aliphatic heterocycles. The van der Waals surface area contributed by atoms with E-state index in [0.717, 1.165) is 23.2 Å². The van der Waals surface area contributed by atoms with Crippen LogP contribution in [-0.2, 0) is 6.54 Å². The summed E-state index contributed by atoms with van der Waals surface area (Å²) in [5, 5.41) is 2.93. The molecule has 2 rings (SSSR count). The molecule has 1 amide bonds. The van der Waals surface area contributed by atoms with E-state index in [0.29, 0.717) is 18.7 Å². The lowest BCUT2D eigenvalue weighted by atomic mass is 10.0. The van der Waals surface area contributed by atoms with Crippen LogP contribution in [0.2, 0.25) is 0 Å². The number of hydrogen-bond donors (Lipinski definition) is 2. The predicted octanol–water partition coefficient (Wildman–Crippen LogP) is 2.10. The van der Waals surface area contributed by atoms with Crippen molar-refractivity contribution in [2.45, 2.75) is 6.54 Å². The molecule has 0 fully saturated rings. The molecule has 0 spiro atoms. The van der Waals surface area contributed by atoms with Gasteiger partial charge in [-0.05, 0) is 42.9 Å². The van der Waals surface area contributed by atoms with Gasteiger partial charge in [0.25, 0.3) is 5.91 Å². The highest BCUT2D eigenvalue weighted by Gasteiger charge is 2.07. The fraction of sp³-hybridized carbons (Fsp3) is 0.278. The van der Waals surface area contributed by atoms with E-state index >= 15 is 0 Å². The number of nitrogens with one attached hydrogen (secondary N) is 1. The minimum Gasteiger partial charge on any atom is -0.351 e. The van der Waals surface area contributed by atoms with Crippen molar-refractivity contribution in [3.63, 3.8) is 0 Å². The maximum Gasteiger partial charge on any atom is 0.251 e. The second-order valence-corrected chi connectivity index (χ2v) is 5.54. The molecule has 0 heterocycles. The van der Waals surface area contributed by atoms with Crippen molar-refractivity contribution in [2.75, 3.05) is 27.2 Å². The second kappa shape index (κ2) is 7.73. The first kappa shape index (κ1) is 16.2. The minimum absolute atomic E-state index is 0.0396. The SMILES string of the molecule is CN(C)CCNC(=O)c1cccc(-c2ccc(CN)cc2)c1. The summed E-state index contributed by atoms with van der Waals surface area (Å²) in [4.78, 5) is 14.2. The average Bonchev–Trinajstić information content (AvgIpc) is 2.54. The van der Waals surface area contributed by atoms with E-state index in [9.17, 15) is 4.79 Å². The lowest BCUT2D eigenvalue weighted by molar-refractivity contribution is 0.0951. The zero-order valence-electron chi connectivity index (χ0n) is 13.2. The molecular weight excluding hydrogens is 274 g/mol. The van der Waals surface area contributed by atoms with Crippen LogP contribution in [0.15, 0.2) is 48.5 Å². The zero-order chi connectivity index (χ0) is 15.9. The fourth-order valence-electron chi connectivity index (χ4n) is 2.17. The number of hydrogen-bond acceptors (Lipinski definition) is 3. The van der Waals surface area contributed by atoms with Crippen LogP contribution in [0.1, 0.15) is 15.9 Å². The van der Waals surface area contributed by atoms with Crippen molar-refractivity contribution in [1.29, 1.82) is 0 Å². The zero-order valence-corrected chi connectivity index (χ0v) is 13.2. The Bertz CT molecular complexity index is 620. The summed E-state index contributed by atoms with van der Waals surface area (Å²) in [6, 6.07) is 15.8. The van der Waals surface area contributed by atoms with Crippen LogP contribution in [0.25, 0.3) is 11.1 Å². The Morgan fingerprint density at radius 1 is 1.09 bits per heavy atom. The first-order valence-corrected chi connectivity index (χ1v) is 7.42. The molecule has 0 radical (unpaired) electrons. The normalized spacial score (nSPS) is 10.7. The largest absolute Gasteiger partial charge is 0.351 e. The van der Waals surface area contributed by atoms with E-state index in [1.165, 1.54) is 0 Å². The van der Waals surface area contributed by atoms with Crippen molar-refractivity contribution in [2.24, 2.45) is 5.73 Å². The van der Waals surface area contributed by atoms with Gasteiger partial charge in [0, 0.05) is 25.2 Å². The maximum absolute atomic E-state index is 12.2. The number of carbonyl (C=O) groups is 1. The van der Waals surface area contributed by atoms with E-state index in [2.05, 4.69) is 5.32 Å². The monoisotopic (exact) mass is 297 g/mol. The summed E-state index contributed by atoms with van der Waals surface area (Å²) in [5.74, 6) is -0.0396. The Kier molecular flexibility index (Phi) is 5.69. The van der Waals surface area contributed by atoms with Crippen molar-refractivity contribution in [3.8, 4) is 11.1 Å². The van der Waals surface area contributed by atoms with Gasteiger partial charge in [0.1, 0.15) is 0 Å². The van der Waals surface area contributed by atoms with E-state index in [1.54, 1.807) is 0 Å². The van der Waals surface area contributed by atoms with Crippen LogP contribution in [-0.4, -0.2) is 38.0 Å². The van der Waals surface area contributed by atoms with Crippen molar-refractivity contribution in [3.05, 3.63) is 59.7 Å². The van der Waals surface area contributed by atoms with Crippen LogP contribution in [0.3, 0.4) is 0 Å². The number of likely N-dealkylation sites (N-methyl/N-ethyl adjacent to an activating group) is 1. The number of rotatable bonds is 6. The lowest BCUT2D eigenvalue weighted by Gasteiger charge is -2.11. The number of carbonyl (C=O) groups excluding carboxylic acids is 1. The molecule has 0 aliphatic rings. The Morgan fingerprint density at radius 2 is 1.82 bits per heavy atom. The van der Waals surface area contributed by atoms with Gasteiger partial charge >= 0.3 is 0 Å². The molecule has 0 saturated heterocycles. The Morgan fingerprint density at radius 3 is 2.45 bits per heavy atom. The first-order chi connectivity index (χ1) is 10.6. The van der Waals surface area contributed by atoms with Gasteiger partial charge in [0.05, 0.1) is 0 Å². The molecule has 0 bridgehead atoms. The number of nitrogens with zero attached hydrogens (tertiary/aromatic N) is 1. The highest BCUT2D eigenvalue weighted by Crippen LogP contribution is 2.21. The molecule has 0 aromatic heterocycles. The summed E-state index contributed by atoms with van der Waals surface area (Å²) < 4.78 is 0. The quantitative estimate of drug-likeness (QED) is 0.858. The smallest absolute Gasteiger partial charge is 0.251 e. The van der Waals surface area contributed by atoms with Crippen molar-refractivity contribution >= 4 is 5.91 Å². The van der Waals surface area contributed by atoms with Gasteiger partial charge in [0.2, 0.25) is 0 Å². The van der Waals surface area contributed by atoms with Crippen LogP contribution >= 0.6 is 0 Å². The Hall–Kier alpha value is -2.17. The van der Waals surface area contributed by atoms with Crippen LogP contribution < -0.4 is 11.1 Å². The van der Waals surface area contributed by atoms with Gasteiger partial charge in [-0.15, -0.1) is 0 Å². The molecule has 3 N–H and O–H groups in total. The van der Waals surface area contributed by atoms with Gasteiger partial charge in [-0.25, -0.2) is 0 Å². The topological polar surface area (TPSA) is 58.4 Å². The molecule has 116 valence electrons. The summed E-state index contributed by atoms with van der Waals surface area (Å²) in [7, 11) is 3.97. The highest BCUT2D eigenvalue weighted by molar-refractivity contribution is 5.95. The molecule has 0 aliphatic carbocycles. The van der Waals surface area contributed by atoms with Crippen molar-refractivity contribution < 1.29 is 4.79 Å². The third-order valence-electron chi connectivity index (χ3n) is 3.49.